The molecule has 15 heteroatoms. The molecule has 4 atom stereocenters. The zero-order valence-electron chi connectivity index (χ0n) is 18.2. The van der Waals surface area contributed by atoms with Gasteiger partial charge in [0.2, 0.25) is 17.7 Å². The van der Waals surface area contributed by atoms with Gasteiger partial charge in [-0.2, -0.15) is 12.6 Å². The number of nitrogens with one attached hydrogen (secondary N) is 4. The van der Waals surface area contributed by atoms with Crippen molar-refractivity contribution in [2.75, 3.05) is 12.3 Å². The highest BCUT2D eigenvalue weighted by Gasteiger charge is 2.28. The zero-order chi connectivity index (χ0) is 25.0. The molecule has 3 amide bonds. The molecule has 1 rings (SSSR count). The van der Waals surface area contributed by atoms with Crippen LogP contribution < -0.4 is 33.2 Å². The number of aliphatic carboxylic acids is 1. The number of amides is 3. The number of nitrogens with two attached hydrogens (primary N) is 3. The van der Waals surface area contributed by atoms with E-state index in [1.807, 2.05) is 0 Å². The first kappa shape index (κ1) is 27.7. The lowest BCUT2D eigenvalue weighted by molar-refractivity contribution is -0.142. The zero-order valence-corrected chi connectivity index (χ0v) is 19.0. The van der Waals surface area contributed by atoms with E-state index >= 15 is 0 Å². The number of imidazole rings is 1. The van der Waals surface area contributed by atoms with Gasteiger partial charge in [0.15, 0.2) is 5.96 Å². The van der Waals surface area contributed by atoms with Crippen molar-refractivity contribution in [3.05, 3.63) is 18.2 Å². The van der Waals surface area contributed by atoms with Crippen molar-refractivity contribution < 1.29 is 24.3 Å². The first-order valence-electron chi connectivity index (χ1n) is 10.1. The molecule has 33 heavy (non-hydrogen) atoms. The SMILES string of the molecule is CC(NC(=O)C(Cc1cnc[nH]1)NC(=O)C(N)CS)C(=O)NC(CCCN=C(N)N)C(=O)O. The summed E-state index contributed by atoms with van der Waals surface area (Å²) >= 11 is 3.97. The number of carboxylic acids is 1. The molecule has 1 heterocycles. The average Bonchev–Trinajstić information content (AvgIpc) is 3.27. The highest BCUT2D eigenvalue weighted by Crippen LogP contribution is 2.02. The van der Waals surface area contributed by atoms with Crippen molar-refractivity contribution in [1.29, 1.82) is 0 Å². The number of carboxylic acid groups (broad SMARTS) is 1. The van der Waals surface area contributed by atoms with E-state index in [4.69, 9.17) is 17.2 Å². The maximum atomic E-state index is 12.8. The predicted molar refractivity (Wildman–Crippen MR) is 123 cm³/mol. The number of carbonyl (C=O) groups is 4. The minimum absolute atomic E-state index is 0.0632. The fraction of sp³-hybridized carbons (Fsp3) is 0.556. The van der Waals surface area contributed by atoms with Crippen LogP contribution >= 0.6 is 12.6 Å². The third kappa shape index (κ3) is 10.2. The Balaban J connectivity index is 2.75. The van der Waals surface area contributed by atoms with E-state index in [0.29, 0.717) is 12.1 Å². The molecule has 0 radical (unpaired) electrons. The first-order chi connectivity index (χ1) is 15.5. The molecule has 4 unspecified atom stereocenters. The number of hydrogen-bond donors (Lipinski definition) is 9. The van der Waals surface area contributed by atoms with Gasteiger partial charge in [-0.05, 0) is 19.8 Å². The van der Waals surface area contributed by atoms with Crippen LogP contribution in [-0.2, 0) is 25.6 Å². The maximum Gasteiger partial charge on any atom is 0.326 e. The number of guanidine groups is 1. The number of H-pyrrole nitrogens is 1. The van der Waals surface area contributed by atoms with Crippen LogP contribution in [0.5, 0.6) is 0 Å². The second-order valence-corrected chi connectivity index (χ2v) is 7.57. The molecular formula is C18H31N9O5S. The van der Waals surface area contributed by atoms with E-state index in [-0.39, 0.29) is 31.1 Å². The molecular weight excluding hydrogens is 454 g/mol. The van der Waals surface area contributed by atoms with E-state index in [1.54, 1.807) is 0 Å². The summed E-state index contributed by atoms with van der Waals surface area (Å²) in [5.74, 6) is -3.25. The molecule has 184 valence electrons. The van der Waals surface area contributed by atoms with Crippen LogP contribution in [0.4, 0.5) is 0 Å². The quantitative estimate of drug-likeness (QED) is 0.0557. The lowest BCUT2D eigenvalue weighted by Crippen LogP contribution is -2.57. The number of nitrogens with zero attached hydrogens (tertiary/aromatic N) is 2. The van der Waals surface area contributed by atoms with E-state index in [2.05, 4.69) is 43.5 Å². The van der Waals surface area contributed by atoms with Gasteiger partial charge in [0, 0.05) is 30.6 Å². The lowest BCUT2D eigenvalue weighted by atomic mass is 10.1. The van der Waals surface area contributed by atoms with Crippen LogP contribution in [0.25, 0.3) is 0 Å². The topological polar surface area (TPSA) is 244 Å². The van der Waals surface area contributed by atoms with Crippen LogP contribution in [-0.4, -0.2) is 81.2 Å². The summed E-state index contributed by atoms with van der Waals surface area (Å²) in [6.07, 6.45) is 3.37. The summed E-state index contributed by atoms with van der Waals surface area (Å²) in [7, 11) is 0. The van der Waals surface area contributed by atoms with Crippen molar-refractivity contribution in [3.8, 4) is 0 Å². The molecule has 14 nitrogen and oxygen atoms in total. The Hall–Kier alpha value is -3.33. The first-order valence-corrected chi connectivity index (χ1v) is 10.7. The van der Waals surface area contributed by atoms with Crippen molar-refractivity contribution >= 4 is 42.3 Å². The Morgan fingerprint density at radius 2 is 1.82 bits per heavy atom. The van der Waals surface area contributed by atoms with Gasteiger partial charge in [0.1, 0.15) is 18.1 Å². The van der Waals surface area contributed by atoms with Crippen molar-refractivity contribution in [2.45, 2.75) is 50.4 Å². The smallest absolute Gasteiger partial charge is 0.326 e. The number of thiol groups is 1. The molecule has 0 fully saturated rings. The average molecular weight is 486 g/mol. The summed E-state index contributed by atoms with van der Waals surface area (Å²) < 4.78 is 0. The molecule has 0 aliphatic carbocycles. The number of aromatic amines is 1. The van der Waals surface area contributed by atoms with Crippen LogP contribution in [0.1, 0.15) is 25.5 Å². The molecule has 0 aliphatic rings. The third-order valence-electron chi connectivity index (χ3n) is 4.46. The molecule has 0 saturated heterocycles. The molecule has 0 aliphatic heterocycles. The monoisotopic (exact) mass is 485 g/mol. The Morgan fingerprint density at radius 3 is 2.36 bits per heavy atom. The van der Waals surface area contributed by atoms with Crippen molar-refractivity contribution in [1.82, 2.24) is 25.9 Å². The van der Waals surface area contributed by atoms with Gasteiger partial charge in [-0.3, -0.25) is 19.4 Å². The highest BCUT2D eigenvalue weighted by atomic mass is 32.1. The van der Waals surface area contributed by atoms with Gasteiger partial charge in [-0.15, -0.1) is 0 Å². The predicted octanol–water partition coefficient (Wildman–Crippen LogP) is -3.18. The summed E-state index contributed by atoms with van der Waals surface area (Å²) in [5.41, 5.74) is 16.7. The van der Waals surface area contributed by atoms with Crippen molar-refractivity contribution in [3.63, 3.8) is 0 Å². The number of aromatic nitrogens is 2. The van der Waals surface area contributed by atoms with Gasteiger partial charge in [-0.1, -0.05) is 0 Å². The third-order valence-corrected chi connectivity index (χ3v) is 4.85. The molecule has 0 aromatic carbocycles. The van der Waals surface area contributed by atoms with E-state index in [9.17, 15) is 24.3 Å². The van der Waals surface area contributed by atoms with Gasteiger partial charge < -0.3 is 43.2 Å². The largest absolute Gasteiger partial charge is 0.480 e. The minimum atomic E-state index is -1.24. The standard InChI is InChI=1S/C18H31N9O5S/c1-9(14(28)26-12(17(31)32)3-2-4-23-18(20)21)25-16(30)13(5-10-6-22-8-24-10)27-15(29)11(19)7-33/h6,8-9,11-13,33H,2-5,7,19H2,1H3,(H,22,24)(H,25,30)(H,26,28)(H,27,29)(H,31,32)(H4,20,21,23). The van der Waals surface area contributed by atoms with Crippen LogP contribution in [0, 0.1) is 0 Å². The van der Waals surface area contributed by atoms with Crippen molar-refractivity contribution in [2.24, 2.45) is 22.2 Å². The fourth-order valence-corrected chi connectivity index (χ4v) is 2.79. The Bertz CT molecular complexity index is 829. The molecule has 0 bridgehead atoms. The van der Waals surface area contributed by atoms with Gasteiger partial charge >= 0.3 is 5.97 Å². The molecule has 11 N–H and O–H groups in total. The maximum absolute atomic E-state index is 12.8. The lowest BCUT2D eigenvalue weighted by Gasteiger charge is -2.23. The Morgan fingerprint density at radius 1 is 1.15 bits per heavy atom. The van der Waals surface area contributed by atoms with Gasteiger partial charge in [0.25, 0.3) is 0 Å². The molecule has 1 aromatic heterocycles. The van der Waals surface area contributed by atoms with Crippen LogP contribution in [0.3, 0.4) is 0 Å². The van der Waals surface area contributed by atoms with Crippen LogP contribution in [0.2, 0.25) is 0 Å². The number of rotatable bonds is 14. The number of aliphatic imine (C=N–C) groups is 1. The number of carbonyl (C=O) groups excluding carboxylic acids is 3. The fourth-order valence-electron chi connectivity index (χ4n) is 2.62. The summed E-state index contributed by atoms with van der Waals surface area (Å²) in [4.78, 5) is 59.3. The Labute approximate surface area is 195 Å². The molecule has 0 spiro atoms. The van der Waals surface area contributed by atoms with Crippen LogP contribution in [0.15, 0.2) is 17.5 Å². The Kier molecular flexibility index (Phi) is 11.7. The number of hydrogen-bond acceptors (Lipinski definition) is 8. The van der Waals surface area contributed by atoms with E-state index in [1.165, 1.54) is 19.4 Å². The summed E-state index contributed by atoms with van der Waals surface area (Å²) in [6.45, 7) is 1.60. The summed E-state index contributed by atoms with van der Waals surface area (Å²) in [5, 5.41) is 16.7. The van der Waals surface area contributed by atoms with Gasteiger partial charge in [-0.25, -0.2) is 9.78 Å². The van der Waals surface area contributed by atoms with Gasteiger partial charge in [0.05, 0.1) is 12.4 Å². The highest BCUT2D eigenvalue weighted by molar-refractivity contribution is 7.80. The summed E-state index contributed by atoms with van der Waals surface area (Å²) in [6, 6.07) is -4.27. The molecule has 0 saturated carbocycles. The second kappa shape index (κ2) is 13.9. The second-order valence-electron chi connectivity index (χ2n) is 7.21. The van der Waals surface area contributed by atoms with E-state index in [0.717, 1.165) is 0 Å². The normalized spacial score (nSPS) is 14.3. The van der Waals surface area contributed by atoms with E-state index < -0.39 is 47.9 Å². The molecule has 1 aromatic rings. The minimum Gasteiger partial charge on any atom is -0.480 e.